The van der Waals surface area contributed by atoms with Crippen LogP contribution < -0.4 is 10.1 Å². The van der Waals surface area contributed by atoms with Crippen LogP contribution in [0.15, 0.2) is 52.7 Å². The number of phenolic OH excluding ortho intramolecular Hbond substituents is 1. The summed E-state index contributed by atoms with van der Waals surface area (Å²) in [6.45, 7) is 8.64. The molecule has 3 aromatic rings. The molecule has 2 amide bonds. The summed E-state index contributed by atoms with van der Waals surface area (Å²) in [5, 5.41) is 17.6. The highest BCUT2D eigenvalue weighted by Gasteiger charge is 2.36. The maximum atomic E-state index is 13.0. The number of carbonyl (C=O) groups is 1. The molecule has 178 valence electrons. The topological polar surface area (TPSA) is 101 Å². The first-order valence-corrected chi connectivity index (χ1v) is 11.4. The van der Waals surface area contributed by atoms with Gasteiger partial charge in [-0.1, -0.05) is 56.3 Å². The van der Waals surface area contributed by atoms with Crippen molar-refractivity contribution in [1.29, 1.82) is 0 Å². The fraction of sp³-hybridized carbons (Fsp3) is 0.346. The molecule has 0 fully saturated rings. The van der Waals surface area contributed by atoms with E-state index in [1.807, 2.05) is 31.2 Å². The summed E-state index contributed by atoms with van der Waals surface area (Å²) in [5.41, 5.74) is 4.17. The molecule has 8 nitrogen and oxygen atoms in total. The summed E-state index contributed by atoms with van der Waals surface area (Å²) in [4.78, 5) is 19.4. The Balaban J connectivity index is 1.80. The highest BCUT2D eigenvalue weighted by Crippen LogP contribution is 2.40. The average Bonchev–Trinajstić information content (AvgIpc) is 3.31. The Morgan fingerprint density at radius 3 is 2.56 bits per heavy atom. The summed E-state index contributed by atoms with van der Waals surface area (Å²) < 4.78 is 10.9. The van der Waals surface area contributed by atoms with Crippen LogP contribution in [-0.2, 0) is 6.42 Å². The van der Waals surface area contributed by atoms with E-state index in [0.717, 1.165) is 17.7 Å². The molecular formula is C26H30N4O4. The maximum absolute atomic E-state index is 13.0. The van der Waals surface area contributed by atoms with Crippen molar-refractivity contribution in [2.24, 2.45) is 5.92 Å². The first-order valence-electron chi connectivity index (χ1n) is 11.4. The lowest BCUT2D eigenvalue weighted by atomic mass is 9.94. The van der Waals surface area contributed by atoms with E-state index in [4.69, 9.17) is 9.26 Å². The lowest BCUT2D eigenvalue weighted by molar-refractivity contribution is 0.199. The zero-order valence-corrected chi connectivity index (χ0v) is 20.1. The summed E-state index contributed by atoms with van der Waals surface area (Å²) in [7, 11) is 1.49. The Hall–Kier alpha value is -3.81. The van der Waals surface area contributed by atoms with E-state index >= 15 is 0 Å². The van der Waals surface area contributed by atoms with Gasteiger partial charge in [-0.25, -0.2) is 4.79 Å². The number of benzene rings is 2. The molecule has 0 spiro atoms. The number of aryl methyl sites for hydroxylation is 1. The Labute approximate surface area is 199 Å². The molecule has 0 saturated heterocycles. The number of nitrogens with zero attached hydrogens (tertiary/aromatic N) is 3. The lowest BCUT2D eigenvalue weighted by Gasteiger charge is -2.36. The first kappa shape index (κ1) is 23.4. The number of urea groups is 1. The van der Waals surface area contributed by atoms with Crippen LogP contribution in [0, 0.1) is 5.92 Å². The van der Waals surface area contributed by atoms with Gasteiger partial charge in [0.2, 0.25) is 5.82 Å². The van der Waals surface area contributed by atoms with Crippen molar-refractivity contribution < 1.29 is 19.2 Å². The van der Waals surface area contributed by atoms with E-state index < -0.39 is 6.04 Å². The number of nitrogens with one attached hydrogen (secondary N) is 1. The molecule has 0 aliphatic carbocycles. The van der Waals surface area contributed by atoms with E-state index in [1.165, 1.54) is 12.7 Å². The monoisotopic (exact) mass is 462 g/mol. The minimum Gasteiger partial charge on any atom is -0.504 e. The van der Waals surface area contributed by atoms with Gasteiger partial charge in [0.1, 0.15) is 0 Å². The Bertz CT molecular complexity index is 1210. The molecule has 0 saturated carbocycles. The maximum Gasteiger partial charge on any atom is 0.322 e. The molecule has 1 atom stereocenters. The minimum atomic E-state index is -0.580. The summed E-state index contributed by atoms with van der Waals surface area (Å²) in [6, 6.07) is 12.3. The van der Waals surface area contributed by atoms with E-state index in [0.29, 0.717) is 35.1 Å². The Kier molecular flexibility index (Phi) is 6.58. The second kappa shape index (κ2) is 9.59. The Morgan fingerprint density at radius 2 is 1.94 bits per heavy atom. The molecule has 1 aliphatic heterocycles. The minimum absolute atomic E-state index is 0.0157. The number of hydrogen-bond donors (Lipinski definition) is 2. The van der Waals surface area contributed by atoms with Crippen molar-refractivity contribution in [3.8, 4) is 22.9 Å². The quantitative estimate of drug-likeness (QED) is 0.503. The van der Waals surface area contributed by atoms with Gasteiger partial charge in [-0.15, -0.1) is 0 Å². The fourth-order valence-electron chi connectivity index (χ4n) is 4.12. The van der Waals surface area contributed by atoms with E-state index in [1.54, 1.807) is 23.1 Å². The van der Waals surface area contributed by atoms with Crippen LogP contribution >= 0.6 is 0 Å². The third kappa shape index (κ3) is 4.48. The van der Waals surface area contributed by atoms with Crippen LogP contribution in [0.5, 0.6) is 11.5 Å². The van der Waals surface area contributed by atoms with Crippen molar-refractivity contribution in [3.05, 3.63) is 65.2 Å². The molecular weight excluding hydrogens is 432 g/mol. The van der Waals surface area contributed by atoms with Crippen LogP contribution in [0.25, 0.3) is 17.0 Å². The second-order valence-corrected chi connectivity index (χ2v) is 8.79. The smallest absolute Gasteiger partial charge is 0.322 e. The predicted octanol–water partition coefficient (Wildman–Crippen LogP) is 5.17. The first-order chi connectivity index (χ1) is 16.3. The molecule has 34 heavy (non-hydrogen) atoms. The summed E-state index contributed by atoms with van der Waals surface area (Å²) in [6.07, 6.45) is 0.950. The van der Waals surface area contributed by atoms with Gasteiger partial charge >= 0.3 is 6.03 Å². The zero-order chi connectivity index (χ0) is 24.4. The van der Waals surface area contributed by atoms with Gasteiger partial charge in [0.25, 0.3) is 5.89 Å². The molecule has 0 radical (unpaired) electrons. The third-order valence-corrected chi connectivity index (χ3v) is 5.96. The summed E-state index contributed by atoms with van der Waals surface area (Å²) in [5.74, 6) is 1.39. The number of phenols is 1. The number of amides is 2. The normalized spacial score (nSPS) is 16.2. The van der Waals surface area contributed by atoms with Gasteiger partial charge in [-0.3, -0.25) is 4.90 Å². The van der Waals surface area contributed by atoms with Crippen LogP contribution in [0.4, 0.5) is 4.79 Å². The number of aromatic nitrogens is 2. The summed E-state index contributed by atoms with van der Waals surface area (Å²) >= 11 is 0. The molecule has 2 heterocycles. The highest BCUT2D eigenvalue weighted by molar-refractivity contribution is 5.87. The van der Waals surface area contributed by atoms with Crippen molar-refractivity contribution in [2.75, 3.05) is 13.7 Å². The van der Waals surface area contributed by atoms with Crippen molar-refractivity contribution >= 4 is 11.6 Å². The number of ether oxygens (including phenoxy) is 1. The number of allylic oxidation sites excluding steroid dienone is 1. The number of carbonyl (C=O) groups excluding carboxylic acids is 1. The standard InChI is InChI=1S/C26H30N4O4/c1-6-17-7-9-18(10-8-17)24-28-25(34-29-24)22-16(4)30(14-15(2)3)26(32)27-23(22)19-11-12-21(33-5)20(31)13-19/h7-13,15,23,31H,6,14H2,1-5H3,(H,27,32). The van der Waals surface area contributed by atoms with Crippen LogP contribution in [0.2, 0.25) is 0 Å². The van der Waals surface area contributed by atoms with Gasteiger partial charge < -0.3 is 19.7 Å². The number of methoxy groups -OCH3 is 1. The molecule has 4 rings (SSSR count). The molecule has 2 aromatic carbocycles. The highest BCUT2D eigenvalue weighted by atomic mass is 16.5. The molecule has 2 N–H and O–H groups in total. The molecule has 8 heteroatoms. The second-order valence-electron chi connectivity index (χ2n) is 8.79. The third-order valence-electron chi connectivity index (χ3n) is 5.96. The fourth-order valence-corrected chi connectivity index (χ4v) is 4.12. The van der Waals surface area contributed by atoms with Gasteiger partial charge in [-0.05, 0) is 42.5 Å². The average molecular weight is 463 g/mol. The van der Waals surface area contributed by atoms with Crippen molar-refractivity contribution in [3.63, 3.8) is 0 Å². The van der Waals surface area contributed by atoms with Gasteiger partial charge in [-0.2, -0.15) is 4.98 Å². The number of aromatic hydroxyl groups is 1. The molecule has 0 bridgehead atoms. The van der Waals surface area contributed by atoms with Gasteiger partial charge in [0.15, 0.2) is 11.5 Å². The van der Waals surface area contributed by atoms with E-state index in [2.05, 4.69) is 36.2 Å². The van der Waals surface area contributed by atoms with E-state index in [-0.39, 0.29) is 17.7 Å². The van der Waals surface area contributed by atoms with Crippen LogP contribution in [0.3, 0.4) is 0 Å². The SMILES string of the molecule is CCc1ccc(-c2noc(C3=C(C)N(CC(C)C)C(=O)NC3c3ccc(OC)c(O)c3)n2)cc1. The van der Waals surface area contributed by atoms with Crippen molar-refractivity contribution in [1.82, 2.24) is 20.4 Å². The molecule has 1 aliphatic rings. The van der Waals surface area contributed by atoms with Crippen LogP contribution in [-0.4, -0.2) is 39.8 Å². The van der Waals surface area contributed by atoms with E-state index in [9.17, 15) is 9.90 Å². The molecule has 1 aromatic heterocycles. The zero-order valence-electron chi connectivity index (χ0n) is 20.1. The van der Waals surface area contributed by atoms with Crippen molar-refractivity contribution in [2.45, 2.75) is 40.2 Å². The van der Waals surface area contributed by atoms with Crippen LogP contribution in [0.1, 0.15) is 50.8 Å². The largest absolute Gasteiger partial charge is 0.504 e. The lowest BCUT2D eigenvalue weighted by Crippen LogP contribution is -2.47. The van der Waals surface area contributed by atoms with Gasteiger partial charge in [0.05, 0.1) is 18.7 Å². The van der Waals surface area contributed by atoms with Gasteiger partial charge in [0, 0.05) is 17.8 Å². The predicted molar refractivity (Wildman–Crippen MR) is 129 cm³/mol. The Morgan fingerprint density at radius 1 is 1.21 bits per heavy atom. The number of hydrogen-bond acceptors (Lipinski definition) is 6. The molecule has 1 unspecified atom stereocenters. The number of rotatable bonds is 7.